The topological polar surface area (TPSA) is 64.3 Å². The maximum atomic E-state index is 5.62. The summed E-state index contributed by atoms with van der Waals surface area (Å²) >= 11 is 2.19. The number of halogens is 1. The zero-order valence-electron chi connectivity index (χ0n) is 11.3. The van der Waals surface area contributed by atoms with Crippen molar-refractivity contribution in [3.05, 3.63) is 40.2 Å². The average molecular weight is 384 g/mol. The van der Waals surface area contributed by atoms with Gasteiger partial charge in [0.2, 0.25) is 5.95 Å². The van der Waals surface area contributed by atoms with E-state index in [-0.39, 0.29) is 0 Å². The summed E-state index contributed by atoms with van der Waals surface area (Å²) in [5.74, 6) is 1.48. The Hall–Kier alpha value is -1.41. The standard InChI is InChI=1S/C14H17IN4O/c1-20-13-5-2-4-12(8-13)19(7-3-6-16)14-17-9-11(15)10-18-14/h2,4-5,8-10H,3,6-7,16H2,1H3. The summed E-state index contributed by atoms with van der Waals surface area (Å²) in [5, 5.41) is 0. The lowest BCUT2D eigenvalue weighted by molar-refractivity contribution is 0.415. The fourth-order valence-electron chi connectivity index (χ4n) is 1.82. The van der Waals surface area contributed by atoms with Crippen LogP contribution in [0.1, 0.15) is 6.42 Å². The van der Waals surface area contributed by atoms with Crippen LogP contribution in [0.2, 0.25) is 0 Å². The van der Waals surface area contributed by atoms with Crippen molar-refractivity contribution in [1.82, 2.24) is 9.97 Å². The summed E-state index contributed by atoms with van der Waals surface area (Å²) in [6, 6.07) is 7.86. The molecule has 0 fully saturated rings. The van der Waals surface area contributed by atoms with Crippen molar-refractivity contribution in [2.75, 3.05) is 25.1 Å². The Morgan fingerprint density at radius 2 is 2.05 bits per heavy atom. The third-order valence-corrected chi connectivity index (χ3v) is 3.36. The lowest BCUT2D eigenvalue weighted by atomic mass is 10.2. The van der Waals surface area contributed by atoms with Crippen molar-refractivity contribution in [3.8, 4) is 5.75 Å². The van der Waals surface area contributed by atoms with Crippen LogP contribution in [0, 0.1) is 3.57 Å². The molecule has 0 aliphatic heterocycles. The molecule has 2 aromatic rings. The molecule has 1 aromatic carbocycles. The van der Waals surface area contributed by atoms with Crippen LogP contribution in [-0.4, -0.2) is 30.2 Å². The van der Waals surface area contributed by atoms with Crippen LogP contribution in [0.4, 0.5) is 11.6 Å². The summed E-state index contributed by atoms with van der Waals surface area (Å²) in [6.07, 6.45) is 4.48. The van der Waals surface area contributed by atoms with Crippen LogP contribution in [-0.2, 0) is 0 Å². The largest absolute Gasteiger partial charge is 0.497 e. The molecule has 0 atom stereocenters. The molecule has 0 radical (unpaired) electrons. The Morgan fingerprint density at radius 3 is 2.70 bits per heavy atom. The van der Waals surface area contributed by atoms with Gasteiger partial charge in [0.1, 0.15) is 5.75 Å². The zero-order valence-corrected chi connectivity index (χ0v) is 13.4. The molecule has 6 heteroatoms. The van der Waals surface area contributed by atoms with Gasteiger partial charge in [0.15, 0.2) is 0 Å². The molecular weight excluding hydrogens is 367 g/mol. The van der Waals surface area contributed by atoms with Gasteiger partial charge in [-0.2, -0.15) is 0 Å². The smallest absolute Gasteiger partial charge is 0.229 e. The minimum atomic E-state index is 0.630. The summed E-state index contributed by atoms with van der Waals surface area (Å²) in [6.45, 7) is 1.40. The molecule has 0 saturated carbocycles. The van der Waals surface area contributed by atoms with E-state index in [1.807, 2.05) is 29.2 Å². The highest BCUT2D eigenvalue weighted by molar-refractivity contribution is 14.1. The highest BCUT2D eigenvalue weighted by Gasteiger charge is 2.12. The molecule has 20 heavy (non-hydrogen) atoms. The van der Waals surface area contributed by atoms with Crippen LogP contribution < -0.4 is 15.4 Å². The van der Waals surface area contributed by atoms with Crippen molar-refractivity contribution in [3.63, 3.8) is 0 Å². The maximum absolute atomic E-state index is 5.62. The summed E-state index contributed by atoms with van der Waals surface area (Å²) < 4.78 is 6.28. The van der Waals surface area contributed by atoms with Crippen molar-refractivity contribution >= 4 is 34.2 Å². The second kappa shape index (κ2) is 7.39. The molecule has 0 aliphatic rings. The van der Waals surface area contributed by atoms with Crippen molar-refractivity contribution in [1.29, 1.82) is 0 Å². The monoisotopic (exact) mass is 384 g/mol. The van der Waals surface area contributed by atoms with Crippen molar-refractivity contribution in [2.45, 2.75) is 6.42 Å². The lowest BCUT2D eigenvalue weighted by Crippen LogP contribution is -2.23. The van der Waals surface area contributed by atoms with Crippen molar-refractivity contribution < 1.29 is 4.74 Å². The highest BCUT2D eigenvalue weighted by atomic mass is 127. The molecule has 2 rings (SSSR count). The Balaban J connectivity index is 2.32. The quantitative estimate of drug-likeness (QED) is 0.776. The van der Waals surface area contributed by atoms with E-state index in [1.54, 1.807) is 19.5 Å². The number of aromatic nitrogens is 2. The molecule has 0 unspecified atom stereocenters. The van der Waals surface area contributed by atoms with Crippen LogP contribution in [0.5, 0.6) is 5.75 Å². The Kier molecular flexibility index (Phi) is 5.54. The molecule has 0 saturated heterocycles. The van der Waals surface area contributed by atoms with E-state index in [0.717, 1.165) is 28.0 Å². The first-order valence-corrected chi connectivity index (χ1v) is 7.41. The number of methoxy groups -OCH3 is 1. The SMILES string of the molecule is COc1cccc(N(CCCN)c2ncc(I)cn2)c1. The van der Waals surface area contributed by atoms with Gasteiger partial charge in [0.25, 0.3) is 0 Å². The molecule has 2 N–H and O–H groups in total. The minimum Gasteiger partial charge on any atom is -0.497 e. The zero-order chi connectivity index (χ0) is 14.4. The van der Waals surface area contributed by atoms with Gasteiger partial charge in [0, 0.05) is 34.3 Å². The number of nitrogens with zero attached hydrogens (tertiary/aromatic N) is 3. The fraction of sp³-hybridized carbons (Fsp3) is 0.286. The number of anilines is 2. The Labute approximate surface area is 132 Å². The highest BCUT2D eigenvalue weighted by Crippen LogP contribution is 2.26. The molecule has 1 heterocycles. The van der Waals surface area contributed by atoms with Crippen molar-refractivity contribution in [2.24, 2.45) is 5.73 Å². The van der Waals surface area contributed by atoms with E-state index in [2.05, 4.69) is 32.6 Å². The maximum Gasteiger partial charge on any atom is 0.229 e. The number of benzene rings is 1. The first-order chi connectivity index (χ1) is 9.74. The predicted molar refractivity (Wildman–Crippen MR) is 88.4 cm³/mol. The van der Waals surface area contributed by atoms with Gasteiger partial charge < -0.3 is 15.4 Å². The number of hydrogen-bond donors (Lipinski definition) is 1. The van der Waals surface area contributed by atoms with Gasteiger partial charge in [-0.25, -0.2) is 9.97 Å². The average Bonchev–Trinajstić information content (AvgIpc) is 2.49. The van der Waals surface area contributed by atoms with Gasteiger partial charge in [-0.05, 0) is 47.7 Å². The fourth-order valence-corrected chi connectivity index (χ4v) is 2.10. The summed E-state index contributed by atoms with van der Waals surface area (Å²) in [7, 11) is 1.66. The van der Waals surface area contributed by atoms with E-state index in [4.69, 9.17) is 10.5 Å². The molecule has 0 spiro atoms. The number of hydrogen-bond acceptors (Lipinski definition) is 5. The predicted octanol–water partition coefficient (Wildman–Crippen LogP) is 2.58. The van der Waals surface area contributed by atoms with Gasteiger partial charge in [-0.15, -0.1) is 0 Å². The molecule has 106 valence electrons. The number of ether oxygens (including phenoxy) is 1. The third kappa shape index (κ3) is 3.80. The Bertz CT molecular complexity index is 547. The van der Waals surface area contributed by atoms with E-state index >= 15 is 0 Å². The molecule has 1 aromatic heterocycles. The number of nitrogens with two attached hydrogens (primary N) is 1. The summed E-state index contributed by atoms with van der Waals surface area (Å²) in [5.41, 5.74) is 6.62. The molecular formula is C14H17IN4O. The van der Waals surface area contributed by atoms with E-state index < -0.39 is 0 Å². The molecule has 0 aliphatic carbocycles. The van der Waals surface area contributed by atoms with Crippen LogP contribution in [0.15, 0.2) is 36.7 Å². The van der Waals surface area contributed by atoms with Gasteiger partial charge in [0.05, 0.1) is 7.11 Å². The van der Waals surface area contributed by atoms with Crippen LogP contribution >= 0.6 is 22.6 Å². The second-order valence-electron chi connectivity index (χ2n) is 4.20. The first-order valence-electron chi connectivity index (χ1n) is 6.34. The molecule has 0 amide bonds. The first kappa shape index (κ1) is 15.0. The van der Waals surface area contributed by atoms with E-state index in [9.17, 15) is 0 Å². The third-order valence-electron chi connectivity index (χ3n) is 2.80. The normalized spacial score (nSPS) is 10.3. The Morgan fingerprint density at radius 1 is 1.30 bits per heavy atom. The van der Waals surface area contributed by atoms with Gasteiger partial charge >= 0.3 is 0 Å². The second-order valence-corrected chi connectivity index (χ2v) is 5.44. The number of rotatable bonds is 6. The molecule has 0 bridgehead atoms. The van der Waals surface area contributed by atoms with Gasteiger partial charge in [-0.1, -0.05) is 6.07 Å². The summed E-state index contributed by atoms with van der Waals surface area (Å²) in [4.78, 5) is 10.8. The van der Waals surface area contributed by atoms with Crippen LogP contribution in [0.3, 0.4) is 0 Å². The lowest BCUT2D eigenvalue weighted by Gasteiger charge is -2.22. The van der Waals surface area contributed by atoms with E-state index in [0.29, 0.717) is 12.5 Å². The van der Waals surface area contributed by atoms with E-state index in [1.165, 1.54) is 0 Å². The van der Waals surface area contributed by atoms with Gasteiger partial charge in [-0.3, -0.25) is 0 Å². The molecule has 5 nitrogen and oxygen atoms in total. The minimum absolute atomic E-state index is 0.630. The van der Waals surface area contributed by atoms with Crippen LogP contribution in [0.25, 0.3) is 0 Å².